The third-order valence-electron chi connectivity index (χ3n) is 4.17. The smallest absolute Gasteiger partial charge is 0.314 e. The summed E-state index contributed by atoms with van der Waals surface area (Å²) in [5, 5.41) is 9.22. The van der Waals surface area contributed by atoms with Crippen molar-refractivity contribution in [2.75, 3.05) is 20.2 Å². The number of hydrogen-bond donors (Lipinski definition) is 2. The average Bonchev–Trinajstić information content (AvgIpc) is 3.25. The number of rotatable bonds is 8. The molecule has 0 spiro atoms. The number of amides is 2. The Morgan fingerprint density at radius 1 is 1.43 bits per heavy atom. The van der Waals surface area contributed by atoms with Crippen molar-refractivity contribution in [3.8, 4) is 5.75 Å². The molecule has 0 atom stereocenters. The molecule has 0 aliphatic rings. The Bertz CT molecular complexity index is 976. The Labute approximate surface area is 183 Å². The molecule has 3 aromatic rings. The van der Waals surface area contributed by atoms with Gasteiger partial charge >= 0.3 is 6.03 Å². The number of thiazole rings is 1. The second kappa shape index (κ2) is 9.79. The first kappa shape index (κ1) is 21.2. The van der Waals surface area contributed by atoms with Crippen LogP contribution in [0.1, 0.15) is 16.3 Å². The van der Waals surface area contributed by atoms with Gasteiger partial charge in [-0.2, -0.15) is 0 Å². The molecule has 2 aromatic heterocycles. The van der Waals surface area contributed by atoms with Crippen LogP contribution in [-0.2, 0) is 12.8 Å². The molecule has 0 saturated carbocycles. The fourth-order valence-corrected chi connectivity index (χ4v) is 4.83. The van der Waals surface area contributed by atoms with Crippen LogP contribution in [0.25, 0.3) is 10.9 Å². The largest absolute Gasteiger partial charge is 0.490 e. The number of aryl methyl sites for hydroxylation is 1. The minimum absolute atomic E-state index is 0.223. The van der Waals surface area contributed by atoms with Crippen molar-refractivity contribution in [3.63, 3.8) is 0 Å². The Morgan fingerprint density at radius 2 is 2.25 bits per heavy atom. The van der Waals surface area contributed by atoms with Gasteiger partial charge in [0.1, 0.15) is 0 Å². The zero-order valence-corrected chi connectivity index (χ0v) is 19.2. The lowest BCUT2D eigenvalue weighted by atomic mass is 10.1. The lowest BCUT2D eigenvalue weighted by molar-refractivity contribution is 0.243. The van der Waals surface area contributed by atoms with Crippen molar-refractivity contribution in [2.24, 2.45) is 0 Å². The van der Waals surface area contributed by atoms with Crippen LogP contribution < -0.4 is 15.4 Å². The minimum atomic E-state index is -0.387. The van der Waals surface area contributed by atoms with E-state index in [9.17, 15) is 9.18 Å². The summed E-state index contributed by atoms with van der Waals surface area (Å²) in [5.74, 6) is -0.155. The molecule has 1 aromatic carbocycles. The van der Waals surface area contributed by atoms with Gasteiger partial charge in [-0.05, 0) is 25.0 Å². The van der Waals surface area contributed by atoms with Gasteiger partial charge in [0, 0.05) is 73.4 Å². The molecule has 2 amide bonds. The highest BCUT2D eigenvalue weighted by Gasteiger charge is 2.14. The van der Waals surface area contributed by atoms with Crippen LogP contribution in [-0.4, -0.2) is 35.2 Å². The molecule has 6 nitrogen and oxygen atoms in total. The summed E-state index contributed by atoms with van der Waals surface area (Å²) in [7, 11) is 3.04. The summed E-state index contributed by atoms with van der Waals surface area (Å²) in [6.07, 6.45) is 3.24. The van der Waals surface area contributed by atoms with Crippen LogP contribution in [0.15, 0.2) is 23.7 Å². The maximum Gasteiger partial charge on any atom is 0.314 e. The van der Waals surface area contributed by atoms with E-state index in [4.69, 9.17) is 4.74 Å². The normalized spacial score (nSPS) is 11.0. The summed E-state index contributed by atoms with van der Waals surface area (Å²) in [5.41, 5.74) is 2.77. The molecule has 0 radical (unpaired) electrons. The van der Waals surface area contributed by atoms with E-state index in [0.717, 1.165) is 27.2 Å². The van der Waals surface area contributed by atoms with Gasteiger partial charge in [0.2, 0.25) is 0 Å². The summed E-state index contributed by atoms with van der Waals surface area (Å²) >= 11 is 3.75. The molecule has 28 heavy (non-hydrogen) atoms. The number of benzene rings is 1. The molecule has 0 saturated heterocycles. The highest BCUT2D eigenvalue weighted by atomic mass is 127. The molecule has 3 rings (SSSR count). The second-order valence-corrected chi connectivity index (χ2v) is 8.84. The molecule has 0 aliphatic heterocycles. The van der Waals surface area contributed by atoms with Crippen LogP contribution in [0.3, 0.4) is 0 Å². The predicted octanol–water partition coefficient (Wildman–Crippen LogP) is 4.48. The Kier molecular flexibility index (Phi) is 7.41. The molecule has 0 aliphatic carbocycles. The van der Waals surface area contributed by atoms with Gasteiger partial charge in [-0.3, -0.25) is 3.97 Å². The lowest BCUT2D eigenvalue weighted by Crippen LogP contribution is -2.33. The SMILES string of the molecule is CNC(=O)NCCc1cn(SI)c2cc(F)c(OCCc3csc(C)n3)cc12. The zero-order valence-electron chi connectivity index (χ0n) is 15.4. The maximum absolute atomic E-state index is 14.5. The van der Waals surface area contributed by atoms with Crippen LogP contribution in [0.2, 0.25) is 0 Å². The molecule has 10 heteroatoms. The molecule has 150 valence electrons. The summed E-state index contributed by atoms with van der Waals surface area (Å²) in [6.45, 7) is 2.81. The van der Waals surface area contributed by atoms with Gasteiger partial charge in [0.15, 0.2) is 11.6 Å². The van der Waals surface area contributed by atoms with Crippen molar-refractivity contribution in [2.45, 2.75) is 19.8 Å². The van der Waals surface area contributed by atoms with E-state index < -0.39 is 0 Å². The first-order valence-electron chi connectivity index (χ1n) is 8.63. The van der Waals surface area contributed by atoms with E-state index in [2.05, 4.69) is 36.8 Å². The van der Waals surface area contributed by atoms with Crippen molar-refractivity contribution in [1.29, 1.82) is 0 Å². The number of ether oxygens (including phenoxy) is 1. The lowest BCUT2D eigenvalue weighted by Gasteiger charge is -2.08. The number of urea groups is 1. The zero-order chi connectivity index (χ0) is 20.1. The van der Waals surface area contributed by atoms with Gasteiger partial charge in [0.25, 0.3) is 0 Å². The standard InChI is InChI=1S/C18H20FIN4O2S2/c1-11-23-13(10-27-11)4-6-26-17-7-14-12(3-5-22-18(25)21-2)9-24(28-20)16(14)8-15(17)19/h7-10H,3-6H2,1-2H3,(H2,21,22,25). The van der Waals surface area contributed by atoms with Crippen molar-refractivity contribution in [3.05, 3.63) is 45.8 Å². The van der Waals surface area contributed by atoms with Crippen LogP contribution >= 0.6 is 41.7 Å². The van der Waals surface area contributed by atoms with Crippen LogP contribution in [0, 0.1) is 12.7 Å². The first-order valence-corrected chi connectivity index (χ1v) is 12.8. The highest BCUT2D eigenvalue weighted by molar-refractivity contribution is 14.2. The Hall–Kier alpha value is -1.53. The number of aromatic nitrogens is 2. The van der Waals surface area contributed by atoms with Gasteiger partial charge in [-0.1, -0.05) is 0 Å². The fraction of sp³-hybridized carbons (Fsp3) is 0.333. The second-order valence-electron chi connectivity index (χ2n) is 6.06. The van der Waals surface area contributed by atoms with E-state index in [1.54, 1.807) is 24.5 Å². The average molecular weight is 534 g/mol. The van der Waals surface area contributed by atoms with E-state index in [1.807, 2.05) is 22.5 Å². The number of hydrogen-bond acceptors (Lipinski definition) is 5. The van der Waals surface area contributed by atoms with Gasteiger partial charge in [0.05, 0.1) is 22.8 Å². The van der Waals surface area contributed by atoms with E-state index in [0.29, 0.717) is 26.0 Å². The monoisotopic (exact) mass is 534 g/mol. The van der Waals surface area contributed by atoms with Crippen molar-refractivity contribution in [1.82, 2.24) is 19.6 Å². The third kappa shape index (κ3) is 5.09. The van der Waals surface area contributed by atoms with Crippen molar-refractivity contribution >= 4 is 58.6 Å². The number of halogens is 2. The van der Waals surface area contributed by atoms with Gasteiger partial charge in [-0.15, -0.1) is 11.3 Å². The molecule has 0 bridgehead atoms. The number of fused-ring (bicyclic) bond motifs is 1. The third-order valence-corrected chi connectivity index (χ3v) is 6.72. The van der Waals surface area contributed by atoms with E-state index in [1.165, 1.54) is 15.2 Å². The predicted molar refractivity (Wildman–Crippen MR) is 121 cm³/mol. The fourth-order valence-electron chi connectivity index (χ4n) is 2.82. The highest BCUT2D eigenvalue weighted by Crippen LogP contribution is 2.33. The number of nitrogens with zero attached hydrogens (tertiary/aromatic N) is 2. The summed E-state index contributed by atoms with van der Waals surface area (Å²) < 4.78 is 22.2. The summed E-state index contributed by atoms with van der Waals surface area (Å²) in [6, 6.07) is 3.02. The molecule has 2 heterocycles. The number of carbonyl (C=O) groups excluding carboxylic acids is 1. The van der Waals surface area contributed by atoms with Gasteiger partial charge in [-0.25, -0.2) is 14.2 Å². The van der Waals surface area contributed by atoms with Crippen molar-refractivity contribution < 1.29 is 13.9 Å². The summed E-state index contributed by atoms with van der Waals surface area (Å²) in [4.78, 5) is 15.8. The van der Waals surface area contributed by atoms with E-state index in [-0.39, 0.29) is 17.6 Å². The van der Waals surface area contributed by atoms with Gasteiger partial charge < -0.3 is 15.4 Å². The molecule has 0 unspecified atom stereocenters. The molecule has 0 fully saturated rings. The number of nitrogens with one attached hydrogen (secondary N) is 2. The molecular formula is C18H20FIN4O2S2. The first-order chi connectivity index (χ1) is 13.5. The topological polar surface area (TPSA) is 68.2 Å². The minimum Gasteiger partial charge on any atom is -0.490 e. The van der Waals surface area contributed by atoms with Crippen LogP contribution in [0.5, 0.6) is 5.75 Å². The molecule has 2 N–H and O–H groups in total. The number of carbonyl (C=O) groups is 1. The van der Waals surface area contributed by atoms with Crippen LogP contribution in [0.4, 0.5) is 9.18 Å². The molecular weight excluding hydrogens is 514 g/mol. The Morgan fingerprint density at radius 3 is 2.93 bits per heavy atom. The quantitative estimate of drug-likeness (QED) is 0.419. The maximum atomic E-state index is 14.5. The Balaban J connectivity index is 1.76. The van der Waals surface area contributed by atoms with E-state index >= 15 is 0 Å².